The molecule has 0 amide bonds. The maximum Gasteiger partial charge on any atom is 0.144 e. The van der Waals surface area contributed by atoms with Crippen LogP contribution in [0.3, 0.4) is 0 Å². The predicted octanol–water partition coefficient (Wildman–Crippen LogP) is 4.52. The Kier molecular flexibility index (Phi) is 3.37. The first-order valence-corrected chi connectivity index (χ1v) is 7.86. The van der Waals surface area contributed by atoms with E-state index in [4.69, 9.17) is 16.3 Å². The highest BCUT2D eigenvalue weighted by atomic mass is 35.5. The number of aliphatic hydroxyl groups is 1. The van der Waals surface area contributed by atoms with Crippen molar-refractivity contribution < 1.29 is 9.84 Å². The molecule has 0 saturated heterocycles. The van der Waals surface area contributed by atoms with Gasteiger partial charge in [-0.1, -0.05) is 66.2 Å². The lowest BCUT2D eigenvalue weighted by atomic mass is 9.78. The normalized spacial score (nSPS) is 19.2. The highest BCUT2D eigenvalue weighted by molar-refractivity contribution is 6.30. The van der Waals surface area contributed by atoms with Crippen molar-refractivity contribution in [3.63, 3.8) is 0 Å². The van der Waals surface area contributed by atoms with E-state index in [0.29, 0.717) is 17.4 Å². The van der Waals surface area contributed by atoms with Crippen molar-refractivity contribution in [2.24, 2.45) is 0 Å². The third-order valence-corrected chi connectivity index (χ3v) is 4.58. The number of para-hydroxylation sites is 1. The third-order valence-electron chi connectivity index (χ3n) is 4.33. The fourth-order valence-electron chi connectivity index (χ4n) is 3.19. The van der Waals surface area contributed by atoms with Crippen LogP contribution in [0.2, 0.25) is 5.02 Å². The lowest BCUT2D eigenvalue weighted by Crippen LogP contribution is -2.29. The lowest BCUT2D eigenvalue weighted by molar-refractivity contribution is 0.125. The molecule has 1 N–H and O–H groups in total. The molecule has 3 aromatic rings. The van der Waals surface area contributed by atoms with Crippen LogP contribution in [0.25, 0.3) is 0 Å². The van der Waals surface area contributed by atoms with Gasteiger partial charge in [0.2, 0.25) is 0 Å². The summed E-state index contributed by atoms with van der Waals surface area (Å²) in [7, 11) is 0. The summed E-state index contributed by atoms with van der Waals surface area (Å²) in [5.74, 6) is 0.696. The zero-order chi connectivity index (χ0) is 15.9. The van der Waals surface area contributed by atoms with Gasteiger partial charge in [-0.25, -0.2) is 0 Å². The molecule has 4 rings (SSSR count). The van der Waals surface area contributed by atoms with Crippen molar-refractivity contribution in [1.82, 2.24) is 0 Å². The van der Waals surface area contributed by atoms with Crippen molar-refractivity contribution in [1.29, 1.82) is 0 Å². The van der Waals surface area contributed by atoms with Gasteiger partial charge >= 0.3 is 0 Å². The highest BCUT2D eigenvalue weighted by Gasteiger charge is 2.39. The number of rotatable bonds is 1. The second-order valence-corrected chi connectivity index (χ2v) is 6.10. The smallest absolute Gasteiger partial charge is 0.144 e. The summed E-state index contributed by atoms with van der Waals surface area (Å²) >= 11 is 6.02. The van der Waals surface area contributed by atoms with Gasteiger partial charge < -0.3 is 9.84 Å². The molecule has 3 aromatic carbocycles. The first kappa shape index (κ1) is 14.3. The standard InChI is InChI=1S/C20H15ClO2/c21-16-11-9-15(10-12-16)20(22)17-6-2-1-5-14(17)13-23-19-8-4-3-7-18(19)20/h1-12,22H,13H2. The van der Waals surface area contributed by atoms with Crippen LogP contribution in [0.1, 0.15) is 22.3 Å². The van der Waals surface area contributed by atoms with Crippen molar-refractivity contribution in [2.75, 3.05) is 0 Å². The van der Waals surface area contributed by atoms with Gasteiger partial charge in [-0.05, 0) is 34.9 Å². The Bertz CT molecular complexity index is 808. The van der Waals surface area contributed by atoms with Crippen molar-refractivity contribution in [3.8, 4) is 5.75 Å². The number of hydrogen-bond donors (Lipinski definition) is 1. The molecule has 114 valence electrons. The summed E-state index contributed by atoms with van der Waals surface area (Å²) in [5.41, 5.74) is 2.06. The minimum atomic E-state index is -1.27. The van der Waals surface area contributed by atoms with Crippen LogP contribution in [-0.4, -0.2) is 5.11 Å². The first-order valence-electron chi connectivity index (χ1n) is 7.49. The molecule has 0 aromatic heterocycles. The summed E-state index contributed by atoms with van der Waals surface area (Å²) in [6.07, 6.45) is 0. The van der Waals surface area contributed by atoms with E-state index >= 15 is 0 Å². The van der Waals surface area contributed by atoms with Crippen LogP contribution >= 0.6 is 11.6 Å². The second-order valence-electron chi connectivity index (χ2n) is 5.66. The first-order chi connectivity index (χ1) is 11.2. The van der Waals surface area contributed by atoms with Gasteiger partial charge in [0.25, 0.3) is 0 Å². The molecule has 0 bridgehead atoms. The molecule has 2 nitrogen and oxygen atoms in total. The molecule has 0 aliphatic carbocycles. The zero-order valence-electron chi connectivity index (χ0n) is 12.4. The van der Waals surface area contributed by atoms with E-state index in [1.807, 2.05) is 60.7 Å². The van der Waals surface area contributed by atoms with Crippen LogP contribution in [0.15, 0.2) is 72.8 Å². The Labute approximate surface area is 139 Å². The van der Waals surface area contributed by atoms with E-state index in [-0.39, 0.29) is 0 Å². The maximum atomic E-state index is 11.8. The maximum absolute atomic E-state index is 11.8. The SMILES string of the molecule is OC1(c2ccc(Cl)cc2)c2ccccc2COc2ccccc21. The van der Waals surface area contributed by atoms with Gasteiger partial charge in [0.15, 0.2) is 0 Å². The van der Waals surface area contributed by atoms with E-state index in [1.165, 1.54) is 0 Å². The Morgan fingerprint density at radius 3 is 2.26 bits per heavy atom. The molecule has 1 atom stereocenters. The van der Waals surface area contributed by atoms with E-state index < -0.39 is 5.60 Å². The number of benzene rings is 3. The fourth-order valence-corrected chi connectivity index (χ4v) is 3.32. The van der Waals surface area contributed by atoms with Gasteiger partial charge in [0.05, 0.1) is 0 Å². The summed E-state index contributed by atoms with van der Waals surface area (Å²) in [6, 6.07) is 22.8. The molecular weight excluding hydrogens is 308 g/mol. The Balaban J connectivity index is 2.05. The van der Waals surface area contributed by atoms with Gasteiger partial charge in [0, 0.05) is 10.6 Å². The summed E-state index contributed by atoms with van der Waals surface area (Å²) < 4.78 is 5.93. The molecule has 0 radical (unpaired) electrons. The van der Waals surface area contributed by atoms with Crippen LogP contribution in [0.4, 0.5) is 0 Å². The molecule has 1 unspecified atom stereocenters. The number of fused-ring (bicyclic) bond motifs is 2. The zero-order valence-corrected chi connectivity index (χ0v) is 13.1. The van der Waals surface area contributed by atoms with Crippen LogP contribution in [0, 0.1) is 0 Å². The highest BCUT2D eigenvalue weighted by Crippen LogP contribution is 2.44. The van der Waals surface area contributed by atoms with Crippen molar-refractivity contribution in [2.45, 2.75) is 12.2 Å². The average molecular weight is 323 g/mol. The van der Waals surface area contributed by atoms with Gasteiger partial charge in [-0.2, -0.15) is 0 Å². The number of hydrogen-bond acceptors (Lipinski definition) is 2. The molecule has 3 heteroatoms. The molecule has 23 heavy (non-hydrogen) atoms. The molecule has 1 aliphatic rings. The van der Waals surface area contributed by atoms with E-state index in [9.17, 15) is 5.11 Å². The molecule has 0 fully saturated rings. The van der Waals surface area contributed by atoms with E-state index in [1.54, 1.807) is 12.1 Å². The van der Waals surface area contributed by atoms with Crippen LogP contribution in [-0.2, 0) is 12.2 Å². The van der Waals surface area contributed by atoms with E-state index in [2.05, 4.69) is 0 Å². The summed E-state index contributed by atoms with van der Waals surface area (Å²) in [4.78, 5) is 0. The quantitative estimate of drug-likeness (QED) is 0.714. The monoisotopic (exact) mass is 322 g/mol. The number of halogens is 1. The molecular formula is C20H15ClO2. The Morgan fingerprint density at radius 1 is 0.826 bits per heavy atom. The molecule has 1 aliphatic heterocycles. The second kappa shape index (κ2) is 5.41. The predicted molar refractivity (Wildman–Crippen MR) is 90.8 cm³/mol. The van der Waals surface area contributed by atoms with Crippen LogP contribution < -0.4 is 4.74 Å². The van der Waals surface area contributed by atoms with Crippen molar-refractivity contribution in [3.05, 3.63) is 100 Å². The van der Waals surface area contributed by atoms with Crippen LogP contribution in [0.5, 0.6) is 5.75 Å². The van der Waals surface area contributed by atoms with Gasteiger partial charge in [-0.15, -0.1) is 0 Å². The average Bonchev–Trinajstić information content (AvgIpc) is 2.72. The molecule has 1 heterocycles. The fraction of sp³-hybridized carbons (Fsp3) is 0.100. The number of ether oxygens (including phenoxy) is 1. The van der Waals surface area contributed by atoms with Crippen molar-refractivity contribution >= 4 is 11.6 Å². The topological polar surface area (TPSA) is 29.5 Å². The summed E-state index contributed by atoms with van der Waals surface area (Å²) in [6.45, 7) is 0.434. The summed E-state index contributed by atoms with van der Waals surface area (Å²) in [5, 5.41) is 12.4. The van der Waals surface area contributed by atoms with Gasteiger partial charge in [0.1, 0.15) is 18.0 Å². The van der Waals surface area contributed by atoms with Gasteiger partial charge in [-0.3, -0.25) is 0 Å². The molecule has 0 spiro atoms. The lowest BCUT2D eigenvalue weighted by Gasteiger charge is -2.30. The molecule has 0 saturated carbocycles. The van der Waals surface area contributed by atoms with E-state index in [0.717, 1.165) is 22.3 Å². The third kappa shape index (κ3) is 2.23. The Morgan fingerprint density at radius 2 is 1.48 bits per heavy atom. The largest absolute Gasteiger partial charge is 0.488 e. The minimum Gasteiger partial charge on any atom is -0.488 e. The Hall–Kier alpha value is -2.29. The minimum absolute atomic E-state index is 0.434.